The molecule has 0 aliphatic heterocycles. The van der Waals surface area contributed by atoms with E-state index in [-0.39, 0.29) is 5.82 Å². The summed E-state index contributed by atoms with van der Waals surface area (Å²) in [4.78, 5) is 1.70. The summed E-state index contributed by atoms with van der Waals surface area (Å²) in [6.07, 6.45) is 0. The molecule has 2 heterocycles. The minimum absolute atomic E-state index is 0.347. The number of nitrogens with zero attached hydrogens (tertiary/aromatic N) is 2. The van der Waals surface area contributed by atoms with Gasteiger partial charge in [-0.1, -0.05) is 0 Å². The van der Waals surface area contributed by atoms with E-state index in [1.54, 1.807) is 6.07 Å². The summed E-state index contributed by atoms with van der Waals surface area (Å²) < 4.78 is 19.6. The van der Waals surface area contributed by atoms with Gasteiger partial charge in [0.15, 0.2) is 0 Å². The van der Waals surface area contributed by atoms with Crippen LogP contribution in [-0.4, -0.2) is 10.2 Å². The zero-order chi connectivity index (χ0) is 14.8. The smallest absolute Gasteiger partial charge is 0.257 e. The number of halogens is 2. The van der Waals surface area contributed by atoms with Gasteiger partial charge in [-0.3, -0.25) is 0 Å². The Morgan fingerprint density at radius 3 is 2.86 bits per heavy atom. The van der Waals surface area contributed by atoms with Crippen LogP contribution in [0, 0.1) is 5.82 Å². The fourth-order valence-electron chi connectivity index (χ4n) is 1.63. The average Bonchev–Trinajstić information content (AvgIpc) is 3.06. The van der Waals surface area contributed by atoms with E-state index >= 15 is 0 Å². The number of nitrogen functional groups attached to an aromatic ring is 1. The van der Waals surface area contributed by atoms with Crippen LogP contribution >= 0.6 is 39.0 Å². The van der Waals surface area contributed by atoms with Gasteiger partial charge in [0, 0.05) is 10.6 Å². The number of nitrogens with two attached hydrogens (primary N) is 1. The predicted molar refractivity (Wildman–Crippen MR) is 85.7 cm³/mol. The number of hydrogen-bond donors (Lipinski definition) is 1. The Kier molecular flexibility index (Phi) is 4.27. The van der Waals surface area contributed by atoms with Gasteiger partial charge in [0.1, 0.15) is 5.82 Å². The Morgan fingerprint density at radius 2 is 2.14 bits per heavy atom. The van der Waals surface area contributed by atoms with Gasteiger partial charge in [-0.05, 0) is 46.3 Å². The summed E-state index contributed by atoms with van der Waals surface area (Å²) in [5.74, 6) is 1.13. The highest BCUT2D eigenvalue weighted by molar-refractivity contribution is 9.11. The molecule has 0 atom stereocenters. The predicted octanol–water partition coefficient (Wildman–Crippen LogP) is 4.57. The molecule has 1 aromatic carbocycles. The number of thiophene rings is 1. The lowest BCUT2D eigenvalue weighted by molar-refractivity contribution is 0.529. The van der Waals surface area contributed by atoms with Gasteiger partial charge in [-0.25, -0.2) is 4.39 Å². The Bertz CT molecular complexity index is 774. The maximum atomic E-state index is 13.0. The first-order valence-electron chi connectivity index (χ1n) is 5.88. The maximum absolute atomic E-state index is 13.0. The molecule has 2 aromatic heterocycles. The average molecular weight is 386 g/mol. The molecule has 0 bridgehead atoms. The van der Waals surface area contributed by atoms with Crippen LogP contribution in [0.25, 0.3) is 10.8 Å². The molecule has 0 spiro atoms. The molecule has 8 heteroatoms. The van der Waals surface area contributed by atoms with Crippen molar-refractivity contribution in [2.24, 2.45) is 0 Å². The summed E-state index contributed by atoms with van der Waals surface area (Å²) >= 11 is 6.34. The fraction of sp³-hybridized carbons (Fsp3) is 0.0769. The van der Waals surface area contributed by atoms with Crippen LogP contribution in [0.3, 0.4) is 0 Å². The highest BCUT2D eigenvalue weighted by Gasteiger charge is 2.11. The molecule has 4 nitrogen and oxygen atoms in total. The van der Waals surface area contributed by atoms with Crippen molar-refractivity contribution in [1.82, 2.24) is 10.2 Å². The Hall–Kier alpha value is -1.38. The van der Waals surface area contributed by atoms with Crippen LogP contribution in [0.4, 0.5) is 10.1 Å². The van der Waals surface area contributed by atoms with Gasteiger partial charge in [0.2, 0.25) is 5.89 Å². The van der Waals surface area contributed by atoms with Crippen molar-refractivity contribution in [1.29, 1.82) is 0 Å². The molecule has 2 N–H and O–H groups in total. The summed E-state index contributed by atoms with van der Waals surface area (Å²) in [7, 11) is 0. The van der Waals surface area contributed by atoms with Crippen molar-refractivity contribution in [3.05, 3.63) is 45.8 Å². The van der Waals surface area contributed by atoms with E-state index < -0.39 is 0 Å². The number of benzene rings is 1. The van der Waals surface area contributed by atoms with Crippen LogP contribution in [0.15, 0.2) is 43.4 Å². The summed E-state index contributed by atoms with van der Waals surface area (Å²) in [6.45, 7) is 0. The molecule has 0 saturated heterocycles. The second-order valence-corrected chi connectivity index (χ2v) is 7.56. The van der Waals surface area contributed by atoms with E-state index in [9.17, 15) is 4.39 Å². The highest BCUT2D eigenvalue weighted by Crippen LogP contribution is 2.32. The minimum atomic E-state index is -0.347. The molecule has 0 saturated carbocycles. The van der Waals surface area contributed by atoms with Gasteiger partial charge in [0.25, 0.3) is 5.89 Å². The summed E-state index contributed by atoms with van der Waals surface area (Å²) in [6, 6.07) is 8.16. The lowest BCUT2D eigenvalue weighted by Gasteiger charge is -2.02. The van der Waals surface area contributed by atoms with Gasteiger partial charge < -0.3 is 10.2 Å². The molecular weight excluding hydrogens is 377 g/mol. The van der Waals surface area contributed by atoms with Crippen LogP contribution in [0.1, 0.15) is 5.89 Å². The van der Waals surface area contributed by atoms with E-state index in [0.717, 1.165) is 13.6 Å². The van der Waals surface area contributed by atoms with Crippen LogP contribution < -0.4 is 5.73 Å². The van der Waals surface area contributed by atoms with Crippen molar-refractivity contribution in [2.75, 3.05) is 5.73 Å². The molecule has 0 radical (unpaired) electrons. The van der Waals surface area contributed by atoms with Gasteiger partial charge in [-0.2, -0.15) is 0 Å². The third kappa shape index (κ3) is 3.45. The molecule has 3 rings (SSSR count). The Balaban J connectivity index is 1.70. The standard InChI is InChI=1S/C13H9BrFN3OS2/c14-11-4-3-10(21-11)13-18-17-12(19-13)6-20-9-2-1-7(15)5-8(9)16/h1-5H,6,16H2. The Labute approximate surface area is 136 Å². The third-order valence-corrected chi connectivity index (χ3v) is 5.26. The van der Waals surface area contributed by atoms with E-state index in [2.05, 4.69) is 26.1 Å². The number of anilines is 1. The van der Waals surface area contributed by atoms with Gasteiger partial charge in [0.05, 0.1) is 14.4 Å². The number of thioether (sulfide) groups is 1. The van der Waals surface area contributed by atoms with Crippen molar-refractivity contribution in [3.8, 4) is 10.8 Å². The topological polar surface area (TPSA) is 64.9 Å². The zero-order valence-corrected chi connectivity index (χ0v) is 13.8. The molecule has 108 valence electrons. The Morgan fingerprint density at radius 1 is 1.29 bits per heavy atom. The summed E-state index contributed by atoms with van der Waals surface area (Å²) in [5, 5.41) is 8.02. The van der Waals surface area contributed by atoms with Crippen molar-refractivity contribution >= 4 is 44.7 Å². The van der Waals surface area contributed by atoms with E-state index in [1.807, 2.05) is 12.1 Å². The van der Waals surface area contributed by atoms with Gasteiger partial charge >= 0.3 is 0 Å². The highest BCUT2D eigenvalue weighted by atomic mass is 79.9. The lowest BCUT2D eigenvalue weighted by atomic mass is 10.3. The molecule has 0 aliphatic carbocycles. The van der Waals surface area contributed by atoms with Crippen molar-refractivity contribution in [3.63, 3.8) is 0 Å². The van der Waals surface area contributed by atoms with E-state index in [1.165, 1.54) is 35.2 Å². The molecule has 21 heavy (non-hydrogen) atoms. The lowest BCUT2D eigenvalue weighted by Crippen LogP contribution is -1.90. The quantitative estimate of drug-likeness (QED) is 0.526. The van der Waals surface area contributed by atoms with Crippen LogP contribution in [0.5, 0.6) is 0 Å². The molecule has 3 aromatic rings. The number of hydrogen-bond acceptors (Lipinski definition) is 6. The molecule has 0 amide bonds. The van der Waals surface area contributed by atoms with Crippen LogP contribution in [0.2, 0.25) is 0 Å². The van der Waals surface area contributed by atoms with E-state index in [0.29, 0.717) is 23.2 Å². The first-order valence-corrected chi connectivity index (χ1v) is 8.47. The SMILES string of the molecule is Nc1cc(F)ccc1SCc1nnc(-c2ccc(Br)s2)o1. The molecule has 0 unspecified atom stereocenters. The van der Waals surface area contributed by atoms with E-state index in [4.69, 9.17) is 10.2 Å². The molecular formula is C13H9BrFN3OS2. The fourth-order valence-corrected chi connectivity index (χ4v) is 3.72. The second kappa shape index (κ2) is 6.17. The normalized spacial score (nSPS) is 11.0. The monoisotopic (exact) mass is 385 g/mol. The number of aromatic nitrogens is 2. The molecule has 0 fully saturated rings. The first kappa shape index (κ1) is 14.6. The summed E-state index contributed by atoms with van der Waals surface area (Å²) in [5.41, 5.74) is 6.16. The van der Waals surface area contributed by atoms with Crippen molar-refractivity contribution in [2.45, 2.75) is 10.6 Å². The number of rotatable bonds is 4. The minimum Gasteiger partial charge on any atom is -0.419 e. The molecule has 0 aliphatic rings. The second-order valence-electron chi connectivity index (χ2n) is 4.08. The largest absolute Gasteiger partial charge is 0.419 e. The maximum Gasteiger partial charge on any atom is 0.257 e. The van der Waals surface area contributed by atoms with Crippen molar-refractivity contribution < 1.29 is 8.81 Å². The first-order chi connectivity index (χ1) is 10.1. The van der Waals surface area contributed by atoms with Crippen LogP contribution in [-0.2, 0) is 5.75 Å². The van der Waals surface area contributed by atoms with Gasteiger partial charge in [-0.15, -0.1) is 33.3 Å². The third-order valence-electron chi connectivity index (χ3n) is 2.57. The zero-order valence-electron chi connectivity index (χ0n) is 10.5.